The average Bonchev–Trinajstić information content (AvgIpc) is 3.03. The molecule has 0 saturated heterocycles. The van der Waals surface area contributed by atoms with Crippen molar-refractivity contribution in [1.82, 2.24) is 15.0 Å². The van der Waals surface area contributed by atoms with E-state index in [0.717, 1.165) is 0 Å². The quantitative estimate of drug-likeness (QED) is 0.724. The van der Waals surface area contributed by atoms with Crippen LogP contribution in [0.25, 0.3) is 5.69 Å². The van der Waals surface area contributed by atoms with Crippen LogP contribution in [0.2, 0.25) is 0 Å². The molecule has 6 heteroatoms. The summed E-state index contributed by atoms with van der Waals surface area (Å²) in [6, 6.07) is 18.8. The Hall–Kier alpha value is -3.33. The highest BCUT2D eigenvalue weighted by Gasteiger charge is 2.17. The van der Waals surface area contributed by atoms with E-state index in [4.69, 9.17) is 9.47 Å². The van der Waals surface area contributed by atoms with Gasteiger partial charge in [0.1, 0.15) is 35.6 Å². The molecule has 23 heavy (non-hydrogen) atoms. The maximum atomic E-state index is 9.25. The third kappa shape index (κ3) is 2.99. The SMILES string of the molecule is COc1ccccc1-n1nnc(C#N)c1COc1ccccc1. The predicted molar refractivity (Wildman–Crippen MR) is 83.4 cm³/mol. The highest BCUT2D eigenvalue weighted by Crippen LogP contribution is 2.24. The van der Waals surface area contributed by atoms with Crippen LogP contribution in [0.3, 0.4) is 0 Å². The van der Waals surface area contributed by atoms with Gasteiger partial charge >= 0.3 is 0 Å². The molecule has 0 unspecified atom stereocenters. The van der Waals surface area contributed by atoms with Crippen LogP contribution in [-0.2, 0) is 6.61 Å². The van der Waals surface area contributed by atoms with Crippen molar-refractivity contribution >= 4 is 0 Å². The van der Waals surface area contributed by atoms with E-state index < -0.39 is 0 Å². The fraction of sp³-hybridized carbons (Fsp3) is 0.118. The number of nitrogens with zero attached hydrogens (tertiary/aromatic N) is 4. The van der Waals surface area contributed by atoms with E-state index in [1.807, 2.05) is 60.7 Å². The Morgan fingerprint density at radius 3 is 2.57 bits per heavy atom. The molecular formula is C17H14N4O2. The number of aromatic nitrogens is 3. The lowest BCUT2D eigenvalue weighted by Gasteiger charge is -2.11. The predicted octanol–water partition coefficient (Wildman–Crippen LogP) is 2.73. The van der Waals surface area contributed by atoms with E-state index in [9.17, 15) is 5.26 Å². The number of methoxy groups -OCH3 is 1. The summed E-state index contributed by atoms with van der Waals surface area (Å²) in [5, 5.41) is 17.2. The molecule has 114 valence electrons. The maximum absolute atomic E-state index is 9.25. The van der Waals surface area contributed by atoms with Crippen molar-refractivity contribution in [3.8, 4) is 23.3 Å². The third-order valence-corrected chi connectivity index (χ3v) is 3.30. The number of benzene rings is 2. The van der Waals surface area contributed by atoms with Crippen LogP contribution >= 0.6 is 0 Å². The van der Waals surface area contributed by atoms with Gasteiger partial charge in [-0.15, -0.1) is 5.10 Å². The summed E-state index contributed by atoms with van der Waals surface area (Å²) in [5.74, 6) is 1.35. The van der Waals surface area contributed by atoms with Gasteiger partial charge in [0.25, 0.3) is 0 Å². The maximum Gasteiger partial charge on any atom is 0.189 e. The molecule has 0 aliphatic heterocycles. The van der Waals surface area contributed by atoms with Gasteiger partial charge in [-0.25, -0.2) is 4.68 Å². The van der Waals surface area contributed by atoms with Gasteiger partial charge in [0, 0.05) is 0 Å². The minimum absolute atomic E-state index is 0.179. The van der Waals surface area contributed by atoms with Crippen LogP contribution in [0.15, 0.2) is 54.6 Å². The Balaban J connectivity index is 1.96. The normalized spacial score (nSPS) is 10.1. The summed E-state index contributed by atoms with van der Waals surface area (Å²) in [7, 11) is 1.58. The first-order valence-corrected chi connectivity index (χ1v) is 6.99. The largest absolute Gasteiger partial charge is 0.494 e. The molecule has 0 radical (unpaired) electrons. The Labute approximate surface area is 133 Å². The van der Waals surface area contributed by atoms with Crippen molar-refractivity contribution in [2.24, 2.45) is 0 Å². The third-order valence-electron chi connectivity index (χ3n) is 3.30. The van der Waals surface area contributed by atoms with E-state index in [-0.39, 0.29) is 12.3 Å². The lowest BCUT2D eigenvalue weighted by Crippen LogP contribution is -2.08. The van der Waals surface area contributed by atoms with Crippen molar-refractivity contribution in [2.75, 3.05) is 7.11 Å². The monoisotopic (exact) mass is 306 g/mol. The Bertz CT molecular complexity index is 837. The topological polar surface area (TPSA) is 73.0 Å². The molecule has 0 fully saturated rings. The minimum Gasteiger partial charge on any atom is -0.494 e. The van der Waals surface area contributed by atoms with Crippen molar-refractivity contribution in [2.45, 2.75) is 6.61 Å². The number of hydrogen-bond donors (Lipinski definition) is 0. The average molecular weight is 306 g/mol. The molecule has 0 saturated carbocycles. The standard InChI is InChI=1S/C17H14N4O2/c1-22-17-10-6-5-9-15(17)21-16(14(11-18)19-20-21)12-23-13-7-3-2-4-8-13/h2-10H,12H2,1H3. The summed E-state index contributed by atoms with van der Waals surface area (Å²) in [6.45, 7) is 0.179. The molecule has 0 spiro atoms. The Morgan fingerprint density at radius 2 is 1.83 bits per heavy atom. The summed E-state index contributed by atoms with van der Waals surface area (Å²) < 4.78 is 12.7. The Morgan fingerprint density at radius 1 is 1.09 bits per heavy atom. The smallest absolute Gasteiger partial charge is 0.189 e. The molecular weight excluding hydrogens is 292 g/mol. The van der Waals surface area contributed by atoms with E-state index in [1.165, 1.54) is 0 Å². The number of hydrogen-bond acceptors (Lipinski definition) is 5. The van der Waals surface area contributed by atoms with Crippen LogP contribution in [0.4, 0.5) is 0 Å². The first kappa shape index (κ1) is 14.6. The fourth-order valence-corrected chi connectivity index (χ4v) is 2.18. The van der Waals surface area contributed by atoms with E-state index in [1.54, 1.807) is 11.8 Å². The van der Waals surface area contributed by atoms with Crippen LogP contribution < -0.4 is 9.47 Å². The van der Waals surface area contributed by atoms with Gasteiger partial charge in [0.05, 0.1) is 7.11 Å². The van der Waals surface area contributed by atoms with Gasteiger partial charge in [-0.1, -0.05) is 35.5 Å². The molecule has 0 N–H and O–H groups in total. The van der Waals surface area contributed by atoms with Gasteiger partial charge in [-0.2, -0.15) is 5.26 Å². The molecule has 0 aliphatic rings. The van der Waals surface area contributed by atoms with E-state index >= 15 is 0 Å². The molecule has 2 aromatic carbocycles. The first-order valence-electron chi connectivity index (χ1n) is 6.99. The highest BCUT2D eigenvalue weighted by atomic mass is 16.5. The zero-order chi connectivity index (χ0) is 16.1. The number of ether oxygens (including phenoxy) is 2. The van der Waals surface area contributed by atoms with Crippen LogP contribution in [0.5, 0.6) is 11.5 Å². The molecule has 0 amide bonds. The molecule has 3 rings (SSSR count). The number of nitriles is 1. The second-order valence-corrected chi connectivity index (χ2v) is 4.68. The van der Waals surface area contributed by atoms with Gasteiger partial charge in [-0.3, -0.25) is 0 Å². The zero-order valence-corrected chi connectivity index (χ0v) is 12.5. The van der Waals surface area contributed by atoms with Crippen molar-refractivity contribution in [3.05, 3.63) is 66.0 Å². The second kappa shape index (κ2) is 6.62. The molecule has 1 aromatic heterocycles. The molecule has 0 atom stereocenters. The van der Waals surface area contributed by atoms with Crippen LogP contribution in [0.1, 0.15) is 11.4 Å². The van der Waals surface area contributed by atoms with Crippen molar-refractivity contribution < 1.29 is 9.47 Å². The molecule has 0 aliphatic carbocycles. The second-order valence-electron chi connectivity index (χ2n) is 4.68. The Kier molecular flexibility index (Phi) is 4.20. The highest BCUT2D eigenvalue weighted by molar-refractivity contribution is 5.47. The van der Waals surface area contributed by atoms with Gasteiger partial charge < -0.3 is 9.47 Å². The molecule has 0 bridgehead atoms. The number of para-hydroxylation sites is 3. The first-order chi connectivity index (χ1) is 11.3. The molecule has 1 heterocycles. The van der Waals surface area contributed by atoms with Crippen LogP contribution in [-0.4, -0.2) is 22.1 Å². The molecule has 6 nitrogen and oxygen atoms in total. The lowest BCUT2D eigenvalue weighted by atomic mass is 10.2. The lowest BCUT2D eigenvalue weighted by molar-refractivity contribution is 0.296. The van der Waals surface area contributed by atoms with Crippen LogP contribution in [0, 0.1) is 11.3 Å². The van der Waals surface area contributed by atoms with E-state index in [2.05, 4.69) is 10.3 Å². The summed E-state index contributed by atoms with van der Waals surface area (Å²) in [5.41, 5.74) is 1.50. The minimum atomic E-state index is 0.179. The van der Waals surface area contributed by atoms with Crippen molar-refractivity contribution in [1.29, 1.82) is 5.26 Å². The van der Waals surface area contributed by atoms with Gasteiger partial charge in [0.15, 0.2) is 5.69 Å². The summed E-state index contributed by atoms with van der Waals surface area (Å²) in [4.78, 5) is 0. The zero-order valence-electron chi connectivity index (χ0n) is 12.5. The molecule has 3 aromatic rings. The van der Waals surface area contributed by atoms with Gasteiger partial charge in [0.2, 0.25) is 0 Å². The van der Waals surface area contributed by atoms with Crippen molar-refractivity contribution in [3.63, 3.8) is 0 Å². The summed E-state index contributed by atoms with van der Waals surface area (Å²) >= 11 is 0. The van der Waals surface area contributed by atoms with Gasteiger partial charge in [-0.05, 0) is 24.3 Å². The summed E-state index contributed by atoms with van der Waals surface area (Å²) in [6.07, 6.45) is 0. The fourth-order valence-electron chi connectivity index (χ4n) is 2.18. The van der Waals surface area contributed by atoms with E-state index in [0.29, 0.717) is 22.9 Å². The number of rotatable bonds is 5.